The fourth-order valence-electron chi connectivity index (χ4n) is 3.35. The van der Waals surface area contributed by atoms with Gasteiger partial charge >= 0.3 is 0 Å². The van der Waals surface area contributed by atoms with Crippen molar-refractivity contribution in [2.75, 3.05) is 25.5 Å². The number of aryl methyl sites for hydroxylation is 1. The van der Waals surface area contributed by atoms with Crippen LogP contribution in [0.1, 0.15) is 18.4 Å². The van der Waals surface area contributed by atoms with E-state index < -0.39 is 21.8 Å². The first kappa shape index (κ1) is 21.5. The number of anilines is 1. The van der Waals surface area contributed by atoms with Gasteiger partial charge in [-0.15, -0.1) is 0 Å². The fourth-order valence-corrected chi connectivity index (χ4v) is 5.14. The van der Waals surface area contributed by atoms with Crippen LogP contribution in [0.15, 0.2) is 41.3 Å². The van der Waals surface area contributed by atoms with Crippen molar-refractivity contribution in [3.8, 4) is 5.75 Å². The summed E-state index contributed by atoms with van der Waals surface area (Å²) in [4.78, 5) is 12.8. The number of hydrogen-bond donors (Lipinski definition) is 1. The first-order chi connectivity index (χ1) is 13.7. The molecule has 156 valence electrons. The van der Waals surface area contributed by atoms with Gasteiger partial charge in [-0.1, -0.05) is 11.6 Å². The summed E-state index contributed by atoms with van der Waals surface area (Å²) >= 11 is 5.75. The molecule has 0 aromatic heterocycles. The number of ether oxygens (including phenoxy) is 1. The number of carbonyl (C=O) groups is 1. The molecule has 1 heterocycles. The second-order valence-corrected chi connectivity index (χ2v) is 9.30. The smallest absolute Gasteiger partial charge is 0.243 e. The van der Waals surface area contributed by atoms with Gasteiger partial charge in [0.15, 0.2) is 0 Å². The van der Waals surface area contributed by atoms with Crippen molar-refractivity contribution in [2.45, 2.75) is 24.7 Å². The molecule has 0 aliphatic carbocycles. The molecule has 1 aliphatic heterocycles. The summed E-state index contributed by atoms with van der Waals surface area (Å²) in [6.45, 7) is 2.20. The van der Waals surface area contributed by atoms with Crippen LogP contribution in [0, 0.1) is 18.7 Å². The number of methoxy groups -OCH3 is 1. The molecule has 0 radical (unpaired) electrons. The summed E-state index contributed by atoms with van der Waals surface area (Å²) < 4.78 is 45.9. The number of hydrogen-bond acceptors (Lipinski definition) is 4. The largest absolute Gasteiger partial charge is 0.496 e. The summed E-state index contributed by atoms with van der Waals surface area (Å²) in [6.07, 6.45) is 1.13. The van der Waals surface area contributed by atoms with Crippen molar-refractivity contribution >= 4 is 33.2 Å². The molecule has 0 bridgehead atoms. The number of rotatable bonds is 5. The van der Waals surface area contributed by atoms with Gasteiger partial charge in [-0.05, 0) is 61.7 Å². The predicted molar refractivity (Wildman–Crippen MR) is 109 cm³/mol. The Morgan fingerprint density at radius 2 is 2.03 bits per heavy atom. The van der Waals surface area contributed by atoms with E-state index in [4.69, 9.17) is 16.3 Å². The van der Waals surface area contributed by atoms with Crippen LogP contribution in [0.2, 0.25) is 5.02 Å². The second kappa shape index (κ2) is 8.69. The maximum absolute atomic E-state index is 13.3. The maximum atomic E-state index is 13.3. The quantitative estimate of drug-likeness (QED) is 0.766. The lowest BCUT2D eigenvalue weighted by atomic mass is 9.99. The Balaban J connectivity index is 1.74. The van der Waals surface area contributed by atoms with Crippen LogP contribution in [0.5, 0.6) is 5.75 Å². The molecular weight excluding hydrogens is 419 g/mol. The van der Waals surface area contributed by atoms with Gasteiger partial charge in [-0.2, -0.15) is 4.31 Å². The number of nitrogens with one attached hydrogen (secondary N) is 1. The van der Waals surface area contributed by atoms with Crippen molar-refractivity contribution in [2.24, 2.45) is 5.92 Å². The number of sulfonamides is 1. The molecule has 1 saturated heterocycles. The van der Waals surface area contributed by atoms with Gasteiger partial charge in [-0.3, -0.25) is 4.79 Å². The van der Waals surface area contributed by atoms with Gasteiger partial charge < -0.3 is 10.1 Å². The highest BCUT2D eigenvalue weighted by Crippen LogP contribution is 2.28. The van der Waals surface area contributed by atoms with E-state index in [1.165, 1.54) is 35.7 Å². The van der Waals surface area contributed by atoms with Gasteiger partial charge in [0.1, 0.15) is 11.6 Å². The zero-order chi connectivity index (χ0) is 21.2. The minimum atomic E-state index is -3.73. The van der Waals surface area contributed by atoms with Crippen LogP contribution in [-0.2, 0) is 14.8 Å². The molecule has 6 nitrogen and oxygen atoms in total. The van der Waals surface area contributed by atoms with Crippen LogP contribution >= 0.6 is 11.6 Å². The van der Waals surface area contributed by atoms with Gasteiger partial charge in [0.05, 0.1) is 22.9 Å². The Morgan fingerprint density at radius 3 is 2.69 bits per heavy atom. The highest BCUT2D eigenvalue weighted by atomic mass is 35.5. The highest BCUT2D eigenvalue weighted by Gasteiger charge is 2.33. The average Bonchev–Trinajstić information content (AvgIpc) is 2.70. The first-order valence-corrected chi connectivity index (χ1v) is 10.9. The van der Waals surface area contributed by atoms with E-state index >= 15 is 0 Å². The Hall–Kier alpha value is -2.16. The lowest BCUT2D eigenvalue weighted by Gasteiger charge is -2.31. The number of carbonyl (C=O) groups excluding carboxylic acids is 1. The summed E-state index contributed by atoms with van der Waals surface area (Å²) in [7, 11) is -2.21. The monoisotopic (exact) mass is 440 g/mol. The molecule has 1 N–H and O–H groups in total. The Morgan fingerprint density at radius 1 is 1.28 bits per heavy atom. The molecule has 1 fully saturated rings. The molecule has 2 aromatic rings. The summed E-state index contributed by atoms with van der Waals surface area (Å²) in [6, 6.07) is 8.60. The third kappa shape index (κ3) is 4.71. The molecule has 1 atom stereocenters. The molecule has 3 rings (SSSR count). The van der Waals surface area contributed by atoms with E-state index in [2.05, 4.69) is 5.32 Å². The van der Waals surface area contributed by atoms with Crippen LogP contribution in [0.3, 0.4) is 0 Å². The van der Waals surface area contributed by atoms with E-state index in [0.29, 0.717) is 36.4 Å². The van der Waals surface area contributed by atoms with Crippen molar-refractivity contribution < 1.29 is 22.3 Å². The molecule has 1 unspecified atom stereocenters. The number of benzene rings is 2. The van der Waals surface area contributed by atoms with Crippen molar-refractivity contribution in [1.29, 1.82) is 0 Å². The van der Waals surface area contributed by atoms with Gasteiger partial charge in [-0.25, -0.2) is 12.8 Å². The zero-order valence-corrected chi connectivity index (χ0v) is 17.7. The van der Waals surface area contributed by atoms with Crippen LogP contribution < -0.4 is 10.1 Å². The van der Waals surface area contributed by atoms with E-state index in [9.17, 15) is 17.6 Å². The van der Waals surface area contributed by atoms with Gasteiger partial charge in [0, 0.05) is 18.8 Å². The second-order valence-electron chi connectivity index (χ2n) is 6.95. The number of nitrogens with zero attached hydrogens (tertiary/aromatic N) is 1. The van der Waals surface area contributed by atoms with Crippen LogP contribution in [-0.4, -0.2) is 38.8 Å². The lowest BCUT2D eigenvalue weighted by Crippen LogP contribution is -2.43. The number of halogens is 2. The van der Waals surface area contributed by atoms with E-state index in [1.54, 1.807) is 19.1 Å². The Labute approximate surface area is 174 Å². The van der Waals surface area contributed by atoms with Crippen LogP contribution in [0.4, 0.5) is 10.1 Å². The van der Waals surface area contributed by atoms with Crippen molar-refractivity contribution in [3.63, 3.8) is 0 Å². The highest BCUT2D eigenvalue weighted by molar-refractivity contribution is 7.89. The normalized spacial score (nSPS) is 17.7. The summed E-state index contributed by atoms with van der Waals surface area (Å²) in [5.41, 5.74) is 1.08. The van der Waals surface area contributed by atoms with Crippen LogP contribution in [0.25, 0.3) is 0 Å². The molecule has 29 heavy (non-hydrogen) atoms. The molecule has 1 amide bonds. The SMILES string of the molecule is COc1ccc(S(=O)(=O)N2CCCC(C(=O)Nc3ccc(F)c(Cl)c3)C2)cc1C. The van der Waals surface area contributed by atoms with Crippen molar-refractivity contribution in [1.82, 2.24) is 4.31 Å². The number of piperidine rings is 1. The molecule has 2 aromatic carbocycles. The third-order valence-electron chi connectivity index (χ3n) is 4.95. The van der Waals surface area contributed by atoms with Gasteiger partial charge in [0.25, 0.3) is 0 Å². The lowest BCUT2D eigenvalue weighted by molar-refractivity contribution is -0.120. The standard InChI is InChI=1S/C20H22ClFN2O4S/c1-13-10-16(6-8-19(13)28-2)29(26,27)24-9-3-4-14(12-24)20(25)23-15-5-7-18(22)17(21)11-15/h5-8,10-11,14H,3-4,9,12H2,1-2H3,(H,23,25). The summed E-state index contributed by atoms with van der Waals surface area (Å²) in [5, 5.41) is 2.60. The van der Waals surface area contributed by atoms with E-state index in [1.807, 2.05) is 0 Å². The molecule has 1 aliphatic rings. The molecule has 9 heteroatoms. The summed E-state index contributed by atoms with van der Waals surface area (Å²) in [5.74, 6) is -0.799. The van der Waals surface area contributed by atoms with E-state index in [-0.39, 0.29) is 22.4 Å². The first-order valence-electron chi connectivity index (χ1n) is 9.13. The van der Waals surface area contributed by atoms with Crippen molar-refractivity contribution in [3.05, 3.63) is 52.8 Å². The maximum Gasteiger partial charge on any atom is 0.243 e. The minimum Gasteiger partial charge on any atom is -0.496 e. The minimum absolute atomic E-state index is 0.0775. The average molecular weight is 441 g/mol. The predicted octanol–water partition coefficient (Wildman–Crippen LogP) is 3.84. The zero-order valence-electron chi connectivity index (χ0n) is 16.1. The molecule has 0 spiro atoms. The topological polar surface area (TPSA) is 75.7 Å². The Kier molecular flexibility index (Phi) is 6.45. The number of amides is 1. The van der Waals surface area contributed by atoms with Gasteiger partial charge in [0.2, 0.25) is 15.9 Å². The third-order valence-corrected chi connectivity index (χ3v) is 7.10. The molecular formula is C20H22ClFN2O4S. The molecule has 0 saturated carbocycles. The van der Waals surface area contributed by atoms with E-state index in [0.717, 1.165) is 0 Å². The fraction of sp³-hybridized carbons (Fsp3) is 0.350. The Bertz CT molecular complexity index is 1030.